The number of carbonyl (C=O) groups excluding carboxylic acids is 1. The van der Waals surface area contributed by atoms with Crippen molar-refractivity contribution in [2.24, 2.45) is 45.3 Å². The quantitative estimate of drug-likeness (QED) is 0.185. The molecule has 3 saturated carbocycles. The van der Waals surface area contributed by atoms with Crippen molar-refractivity contribution in [1.29, 1.82) is 0 Å². The second-order valence-corrected chi connectivity index (χ2v) is 16.9. The molecule has 0 aromatic heterocycles. The number of allylic oxidation sites excluding steroid dienone is 1. The molecule has 9 nitrogen and oxygen atoms in total. The summed E-state index contributed by atoms with van der Waals surface area (Å²) in [5.41, 5.74) is -1.05. The van der Waals surface area contributed by atoms with E-state index in [4.69, 9.17) is 14.2 Å². The summed E-state index contributed by atoms with van der Waals surface area (Å²) in [5, 5.41) is 53.1. The second kappa shape index (κ2) is 12.6. The first-order valence-electron chi connectivity index (χ1n) is 17.5. The van der Waals surface area contributed by atoms with Gasteiger partial charge in [0.1, 0.15) is 30.7 Å². The van der Waals surface area contributed by atoms with Crippen LogP contribution >= 0.6 is 0 Å². The first-order valence-corrected chi connectivity index (χ1v) is 17.5. The van der Waals surface area contributed by atoms with E-state index in [1.165, 1.54) is 6.29 Å². The number of ether oxygens (including phenoxy) is 3. The van der Waals surface area contributed by atoms with Crippen LogP contribution < -0.4 is 0 Å². The van der Waals surface area contributed by atoms with Crippen molar-refractivity contribution in [2.45, 2.75) is 142 Å². The molecule has 0 aromatic carbocycles. The zero-order valence-electron chi connectivity index (χ0n) is 29.2. The lowest BCUT2D eigenvalue weighted by molar-refractivity contribution is -0.321. The smallest absolute Gasteiger partial charge is 0.187 e. The highest BCUT2D eigenvalue weighted by molar-refractivity contribution is 5.65. The average Bonchev–Trinajstić information content (AvgIpc) is 3.29. The van der Waals surface area contributed by atoms with Crippen molar-refractivity contribution >= 4 is 6.29 Å². The fourth-order valence-corrected chi connectivity index (χ4v) is 10.8. The van der Waals surface area contributed by atoms with E-state index in [2.05, 4.69) is 39.0 Å². The Morgan fingerprint density at radius 3 is 2.33 bits per heavy atom. The van der Waals surface area contributed by atoms with E-state index < -0.39 is 60.4 Å². The lowest BCUT2D eigenvalue weighted by atomic mass is 9.38. The van der Waals surface area contributed by atoms with Crippen LogP contribution in [0.25, 0.3) is 0 Å². The van der Waals surface area contributed by atoms with Gasteiger partial charge < -0.3 is 44.5 Å². The van der Waals surface area contributed by atoms with Gasteiger partial charge in [0.05, 0.1) is 24.4 Å². The number of fused-ring (bicyclic) bond motifs is 5. The number of aldehydes is 1. The molecule has 5 N–H and O–H groups in total. The van der Waals surface area contributed by atoms with E-state index in [1.807, 2.05) is 27.7 Å². The third-order valence-corrected chi connectivity index (χ3v) is 14.0. The highest BCUT2D eigenvalue weighted by Crippen LogP contribution is 2.75. The van der Waals surface area contributed by atoms with Crippen molar-refractivity contribution in [3.8, 4) is 0 Å². The number of methoxy groups -OCH3 is 1. The van der Waals surface area contributed by atoms with Gasteiger partial charge in [0, 0.05) is 23.9 Å². The predicted octanol–water partition coefficient (Wildman–Crippen LogP) is 3.93. The van der Waals surface area contributed by atoms with E-state index in [-0.39, 0.29) is 28.3 Å². The molecule has 4 fully saturated rings. The standard InChI is InChI=1S/C37H60O9/c1-21(10-9-14-33(2,3)44-8)22-13-15-36(7)31-25(45-32-30(43)29(42)28(41)26(19-38)46-32)18-24-23(11-12-27(40)34(24,4)5)37(31,20-39)17-16-35(22,36)6/h9,14,18,20-23,25-32,38,40-43H,10-13,15-17,19H2,1-8H3. The maximum absolute atomic E-state index is 13.7. The van der Waals surface area contributed by atoms with Crippen LogP contribution in [0.2, 0.25) is 0 Å². The van der Waals surface area contributed by atoms with Gasteiger partial charge in [0.15, 0.2) is 6.29 Å². The molecule has 0 spiro atoms. The van der Waals surface area contributed by atoms with Crippen molar-refractivity contribution in [3.05, 3.63) is 23.8 Å². The molecule has 5 rings (SSSR count). The van der Waals surface area contributed by atoms with Crippen LogP contribution in [0, 0.1) is 45.3 Å². The summed E-state index contributed by atoms with van der Waals surface area (Å²) < 4.78 is 18.2. The molecule has 0 aromatic rings. The Kier molecular flexibility index (Phi) is 9.91. The summed E-state index contributed by atoms with van der Waals surface area (Å²) in [5.74, 6) is 0.534. The molecule has 14 atom stereocenters. The monoisotopic (exact) mass is 648 g/mol. The summed E-state index contributed by atoms with van der Waals surface area (Å²) in [7, 11) is 1.72. The topological polar surface area (TPSA) is 146 Å². The van der Waals surface area contributed by atoms with E-state index in [0.29, 0.717) is 31.1 Å². The molecule has 0 radical (unpaired) electrons. The summed E-state index contributed by atoms with van der Waals surface area (Å²) in [6, 6.07) is 0. The van der Waals surface area contributed by atoms with E-state index in [0.717, 1.165) is 31.3 Å². The predicted molar refractivity (Wildman–Crippen MR) is 173 cm³/mol. The molecule has 9 heteroatoms. The van der Waals surface area contributed by atoms with Crippen molar-refractivity contribution in [2.75, 3.05) is 13.7 Å². The number of aliphatic hydroxyl groups excluding tert-OH is 5. The molecular formula is C37H60O9. The summed E-state index contributed by atoms with van der Waals surface area (Å²) in [4.78, 5) is 13.7. The molecule has 1 aliphatic heterocycles. The van der Waals surface area contributed by atoms with Crippen LogP contribution in [-0.2, 0) is 19.0 Å². The van der Waals surface area contributed by atoms with Crippen LogP contribution in [0.5, 0.6) is 0 Å². The Labute approximate surface area is 275 Å². The van der Waals surface area contributed by atoms with E-state index in [9.17, 15) is 30.3 Å². The third-order valence-electron chi connectivity index (χ3n) is 14.0. The van der Waals surface area contributed by atoms with Crippen LogP contribution in [0.15, 0.2) is 23.8 Å². The Balaban J connectivity index is 1.57. The zero-order chi connectivity index (χ0) is 34.0. The summed E-state index contributed by atoms with van der Waals surface area (Å²) in [6.45, 7) is 14.7. The molecule has 5 aliphatic rings. The molecule has 1 heterocycles. The van der Waals surface area contributed by atoms with Crippen molar-refractivity contribution in [3.63, 3.8) is 0 Å². The number of rotatable bonds is 9. The maximum Gasteiger partial charge on any atom is 0.187 e. The Morgan fingerprint density at radius 2 is 1.70 bits per heavy atom. The lowest BCUT2D eigenvalue weighted by Gasteiger charge is -2.66. The van der Waals surface area contributed by atoms with Gasteiger partial charge in [0.2, 0.25) is 0 Å². The fourth-order valence-electron chi connectivity index (χ4n) is 10.8. The maximum atomic E-state index is 13.7. The van der Waals surface area contributed by atoms with Gasteiger partial charge in [0.25, 0.3) is 0 Å². The van der Waals surface area contributed by atoms with Gasteiger partial charge in [-0.15, -0.1) is 0 Å². The van der Waals surface area contributed by atoms with Crippen molar-refractivity contribution < 1.29 is 44.5 Å². The van der Waals surface area contributed by atoms with Gasteiger partial charge in [-0.1, -0.05) is 58.4 Å². The molecule has 0 amide bonds. The zero-order valence-corrected chi connectivity index (χ0v) is 29.2. The van der Waals surface area contributed by atoms with Crippen LogP contribution in [0.1, 0.15) is 93.4 Å². The molecule has 262 valence electrons. The highest BCUT2D eigenvalue weighted by Gasteiger charge is 2.71. The van der Waals surface area contributed by atoms with Gasteiger partial charge >= 0.3 is 0 Å². The number of carbonyl (C=O) groups is 1. The second-order valence-electron chi connectivity index (χ2n) is 16.9. The Morgan fingerprint density at radius 1 is 1.00 bits per heavy atom. The van der Waals surface area contributed by atoms with Crippen LogP contribution in [0.4, 0.5) is 0 Å². The first-order chi connectivity index (χ1) is 21.4. The third kappa shape index (κ3) is 5.49. The van der Waals surface area contributed by atoms with E-state index in [1.54, 1.807) is 7.11 Å². The molecule has 46 heavy (non-hydrogen) atoms. The Hall–Kier alpha value is -1.17. The van der Waals surface area contributed by atoms with Gasteiger partial charge in [-0.3, -0.25) is 0 Å². The highest BCUT2D eigenvalue weighted by atomic mass is 16.7. The molecule has 14 unspecified atom stereocenters. The molecule has 0 bridgehead atoms. The molecular weight excluding hydrogens is 588 g/mol. The number of aliphatic hydroxyl groups is 5. The Bertz CT molecular complexity index is 1180. The summed E-state index contributed by atoms with van der Waals surface area (Å²) >= 11 is 0. The largest absolute Gasteiger partial charge is 0.394 e. The van der Waals surface area contributed by atoms with Gasteiger partial charge in [-0.05, 0) is 87.4 Å². The van der Waals surface area contributed by atoms with Crippen LogP contribution in [-0.4, -0.2) is 94.1 Å². The lowest BCUT2D eigenvalue weighted by Crippen LogP contribution is -2.66. The minimum Gasteiger partial charge on any atom is -0.394 e. The minimum atomic E-state index is -1.57. The summed E-state index contributed by atoms with van der Waals surface area (Å²) in [6.07, 6.45) is 5.19. The number of hydrogen-bond donors (Lipinski definition) is 5. The minimum absolute atomic E-state index is 0.0416. The normalized spacial score (nSPS) is 47.9. The molecule has 1 saturated heterocycles. The SMILES string of the molecule is COC(C)(C)C=CCC(C)C1CCC2(C)C3C(OC4OC(CO)C(O)C(O)C4O)C=C4C(CCC(O)C4(C)C)C3(C=O)CCC12C. The van der Waals surface area contributed by atoms with Gasteiger partial charge in [-0.2, -0.15) is 0 Å². The fraction of sp³-hybridized carbons (Fsp3) is 0.865. The van der Waals surface area contributed by atoms with Crippen molar-refractivity contribution in [1.82, 2.24) is 0 Å². The molecule has 4 aliphatic carbocycles. The number of hydrogen-bond acceptors (Lipinski definition) is 9. The van der Waals surface area contributed by atoms with Gasteiger partial charge in [-0.25, -0.2) is 0 Å². The first kappa shape index (κ1) is 36.1. The van der Waals surface area contributed by atoms with E-state index >= 15 is 0 Å². The van der Waals surface area contributed by atoms with Crippen LogP contribution in [0.3, 0.4) is 0 Å². The average molecular weight is 649 g/mol.